The second kappa shape index (κ2) is 9.40. The van der Waals surface area contributed by atoms with E-state index < -0.39 is 0 Å². The highest BCUT2D eigenvalue weighted by molar-refractivity contribution is 5.78. The van der Waals surface area contributed by atoms with Gasteiger partial charge in [-0.1, -0.05) is 12.1 Å². The van der Waals surface area contributed by atoms with Crippen LogP contribution in [-0.2, 0) is 19.1 Å². The predicted molar refractivity (Wildman–Crippen MR) is 92.2 cm³/mol. The molecule has 142 valence electrons. The van der Waals surface area contributed by atoms with Gasteiger partial charge in [0.05, 0.1) is 26.4 Å². The smallest absolute Gasteiger partial charge is 0.260 e. The van der Waals surface area contributed by atoms with Gasteiger partial charge in [0.2, 0.25) is 0 Å². The first-order chi connectivity index (χ1) is 12.7. The number of ether oxygens (including phenoxy) is 4. The Morgan fingerprint density at radius 2 is 1.04 bits per heavy atom. The standard InChI is InChI=1S/C18H24N2O6/c21-17-13-25-15-3-1-2-4-16(15)26-14-18(22)20-7-11-23-9-5-19(17)6-10-24-12-8-20/h1-4H,5-14H2. The van der Waals surface area contributed by atoms with Crippen LogP contribution in [0.2, 0.25) is 0 Å². The van der Waals surface area contributed by atoms with Gasteiger partial charge in [0, 0.05) is 26.2 Å². The second-order valence-electron chi connectivity index (χ2n) is 6.01. The number of rotatable bonds is 0. The van der Waals surface area contributed by atoms with Crippen molar-refractivity contribution in [3.05, 3.63) is 24.3 Å². The third kappa shape index (κ3) is 5.09. The lowest BCUT2D eigenvalue weighted by molar-refractivity contribution is -0.136. The molecule has 26 heavy (non-hydrogen) atoms. The normalized spacial score (nSPS) is 20.6. The van der Waals surface area contributed by atoms with Crippen molar-refractivity contribution in [3.8, 4) is 11.5 Å². The van der Waals surface area contributed by atoms with Crippen LogP contribution in [0.25, 0.3) is 0 Å². The molecule has 1 fully saturated rings. The first kappa shape index (κ1) is 18.5. The van der Waals surface area contributed by atoms with E-state index in [1.165, 1.54) is 0 Å². The van der Waals surface area contributed by atoms with E-state index in [-0.39, 0.29) is 25.0 Å². The Kier molecular flexibility index (Phi) is 6.68. The van der Waals surface area contributed by atoms with Crippen molar-refractivity contribution >= 4 is 11.8 Å². The Labute approximate surface area is 152 Å². The molecule has 2 bridgehead atoms. The molecule has 8 heteroatoms. The third-order valence-corrected chi connectivity index (χ3v) is 4.28. The Balaban J connectivity index is 1.83. The molecule has 1 aromatic carbocycles. The van der Waals surface area contributed by atoms with E-state index in [9.17, 15) is 9.59 Å². The summed E-state index contributed by atoms with van der Waals surface area (Å²) >= 11 is 0. The molecule has 0 N–H and O–H groups in total. The van der Waals surface area contributed by atoms with Crippen molar-refractivity contribution in [3.63, 3.8) is 0 Å². The van der Waals surface area contributed by atoms with Crippen LogP contribution in [0.3, 0.4) is 0 Å². The molecule has 3 aliphatic heterocycles. The highest BCUT2D eigenvalue weighted by Crippen LogP contribution is 2.26. The first-order valence-corrected chi connectivity index (χ1v) is 8.80. The molecule has 0 unspecified atom stereocenters. The molecule has 1 aromatic rings. The van der Waals surface area contributed by atoms with Crippen LogP contribution in [0, 0.1) is 0 Å². The highest BCUT2D eigenvalue weighted by Gasteiger charge is 2.19. The van der Waals surface area contributed by atoms with E-state index in [0.717, 1.165) is 0 Å². The van der Waals surface area contributed by atoms with E-state index in [1.807, 2.05) is 0 Å². The van der Waals surface area contributed by atoms with Gasteiger partial charge in [-0.15, -0.1) is 0 Å². The first-order valence-electron chi connectivity index (χ1n) is 8.80. The molecule has 1 saturated heterocycles. The van der Waals surface area contributed by atoms with Crippen LogP contribution in [0.1, 0.15) is 0 Å². The highest BCUT2D eigenvalue weighted by atomic mass is 16.5. The zero-order chi connectivity index (χ0) is 18.2. The molecule has 2 amide bonds. The van der Waals surface area contributed by atoms with E-state index in [0.29, 0.717) is 64.1 Å². The minimum atomic E-state index is -0.142. The molecule has 3 aliphatic rings. The Hall–Kier alpha value is -2.32. The molecule has 3 heterocycles. The maximum atomic E-state index is 12.5. The topological polar surface area (TPSA) is 77.5 Å². The van der Waals surface area contributed by atoms with Gasteiger partial charge in [0.25, 0.3) is 11.8 Å². The Morgan fingerprint density at radius 3 is 1.42 bits per heavy atom. The van der Waals surface area contributed by atoms with E-state index in [2.05, 4.69) is 0 Å². The number of carbonyl (C=O) groups is 2. The third-order valence-electron chi connectivity index (χ3n) is 4.28. The van der Waals surface area contributed by atoms with Crippen LogP contribution in [-0.4, -0.2) is 87.4 Å². The van der Waals surface area contributed by atoms with Crippen LogP contribution < -0.4 is 9.47 Å². The van der Waals surface area contributed by atoms with Crippen molar-refractivity contribution < 1.29 is 28.5 Å². The number of para-hydroxylation sites is 2. The molecular weight excluding hydrogens is 340 g/mol. The van der Waals surface area contributed by atoms with Gasteiger partial charge < -0.3 is 28.7 Å². The van der Waals surface area contributed by atoms with Gasteiger partial charge in [0.1, 0.15) is 0 Å². The Bertz CT molecular complexity index is 558. The van der Waals surface area contributed by atoms with E-state index >= 15 is 0 Å². The zero-order valence-electron chi connectivity index (χ0n) is 14.7. The van der Waals surface area contributed by atoms with Crippen molar-refractivity contribution in [2.75, 3.05) is 65.8 Å². The van der Waals surface area contributed by atoms with E-state index in [1.54, 1.807) is 34.1 Å². The van der Waals surface area contributed by atoms with Gasteiger partial charge in [-0.05, 0) is 12.1 Å². The summed E-state index contributed by atoms with van der Waals surface area (Å²) in [4.78, 5) is 28.4. The van der Waals surface area contributed by atoms with Gasteiger partial charge in [-0.25, -0.2) is 0 Å². The number of hydrogen-bond acceptors (Lipinski definition) is 6. The molecule has 0 saturated carbocycles. The number of amides is 2. The van der Waals surface area contributed by atoms with Gasteiger partial charge >= 0.3 is 0 Å². The quantitative estimate of drug-likeness (QED) is 0.653. The molecule has 8 nitrogen and oxygen atoms in total. The number of nitrogens with zero attached hydrogens (tertiary/aromatic N) is 2. The van der Waals surface area contributed by atoms with Crippen LogP contribution >= 0.6 is 0 Å². The average molecular weight is 364 g/mol. The van der Waals surface area contributed by atoms with Crippen LogP contribution in [0.4, 0.5) is 0 Å². The van der Waals surface area contributed by atoms with Crippen molar-refractivity contribution in [2.45, 2.75) is 0 Å². The van der Waals surface area contributed by atoms with Gasteiger partial charge in [-0.2, -0.15) is 0 Å². The van der Waals surface area contributed by atoms with Crippen LogP contribution in [0.5, 0.6) is 11.5 Å². The molecule has 4 rings (SSSR count). The fourth-order valence-corrected chi connectivity index (χ4v) is 2.78. The molecule has 0 radical (unpaired) electrons. The summed E-state index contributed by atoms with van der Waals surface area (Å²) in [6.45, 7) is 3.22. The lowest BCUT2D eigenvalue weighted by atomic mass is 10.3. The fraction of sp³-hybridized carbons (Fsp3) is 0.556. The van der Waals surface area contributed by atoms with Crippen molar-refractivity contribution in [1.29, 1.82) is 0 Å². The summed E-state index contributed by atoms with van der Waals surface area (Å²) in [5.41, 5.74) is 0. The number of benzene rings is 1. The van der Waals surface area contributed by atoms with Crippen LogP contribution in [0.15, 0.2) is 24.3 Å². The fourth-order valence-electron chi connectivity index (χ4n) is 2.78. The SMILES string of the molecule is O=C1COc2ccccc2OCC(=O)N2CCOCCN1CCOCC2. The predicted octanol–water partition coefficient (Wildman–Crippen LogP) is 0.162. The Morgan fingerprint density at radius 1 is 0.654 bits per heavy atom. The lowest BCUT2D eigenvalue weighted by Crippen LogP contribution is -2.42. The average Bonchev–Trinajstić information content (AvgIpc) is 2.65. The molecule has 0 spiro atoms. The zero-order valence-corrected chi connectivity index (χ0v) is 14.7. The number of hydrogen-bond donors (Lipinski definition) is 0. The monoisotopic (exact) mass is 364 g/mol. The number of carbonyl (C=O) groups excluding carboxylic acids is 2. The summed E-state index contributed by atoms with van der Waals surface area (Å²) in [7, 11) is 0. The molecule has 0 aromatic heterocycles. The maximum Gasteiger partial charge on any atom is 0.260 e. The van der Waals surface area contributed by atoms with Crippen molar-refractivity contribution in [1.82, 2.24) is 9.80 Å². The lowest BCUT2D eigenvalue weighted by Gasteiger charge is -2.26. The maximum absolute atomic E-state index is 12.5. The minimum absolute atomic E-state index is 0.111. The molecule has 0 aliphatic carbocycles. The summed E-state index contributed by atoms with van der Waals surface area (Å²) in [5.74, 6) is 0.600. The minimum Gasteiger partial charge on any atom is -0.480 e. The summed E-state index contributed by atoms with van der Waals surface area (Å²) in [6.07, 6.45) is 0. The van der Waals surface area contributed by atoms with Crippen molar-refractivity contribution in [2.24, 2.45) is 0 Å². The molecule has 0 atom stereocenters. The van der Waals surface area contributed by atoms with Gasteiger partial charge in [0.15, 0.2) is 24.7 Å². The van der Waals surface area contributed by atoms with E-state index in [4.69, 9.17) is 18.9 Å². The number of fused-ring (bicyclic) bond motifs is 12. The summed E-state index contributed by atoms with van der Waals surface area (Å²) < 4.78 is 22.5. The second-order valence-corrected chi connectivity index (χ2v) is 6.01. The summed E-state index contributed by atoms with van der Waals surface area (Å²) in [6, 6.07) is 7.03. The molecular formula is C18H24N2O6. The van der Waals surface area contributed by atoms with Gasteiger partial charge in [-0.3, -0.25) is 9.59 Å². The largest absolute Gasteiger partial charge is 0.480 e. The summed E-state index contributed by atoms with van der Waals surface area (Å²) in [5, 5.41) is 0.